The van der Waals surface area contributed by atoms with Crippen molar-refractivity contribution >= 4 is 11.9 Å². The smallest absolute Gasteiger partial charge is 0.335 e. The Morgan fingerprint density at radius 3 is 2.52 bits per heavy atom. The molecule has 1 amide bonds. The van der Waals surface area contributed by atoms with E-state index < -0.39 is 11.9 Å². The fourth-order valence-electron chi connectivity index (χ4n) is 2.66. The van der Waals surface area contributed by atoms with E-state index in [4.69, 9.17) is 0 Å². The Kier molecular flexibility index (Phi) is 7.10. The maximum atomic E-state index is 11.1. The highest BCUT2D eigenvalue weighted by Gasteiger charge is 2.21. The first kappa shape index (κ1) is 18.6. The minimum atomic E-state index is -0.573. The predicted molar refractivity (Wildman–Crippen MR) is 94.5 cm³/mol. The zero-order chi connectivity index (χ0) is 18.1. The first-order valence-corrected chi connectivity index (χ1v) is 8.21. The molecular formula is C19H23N3O3. The van der Waals surface area contributed by atoms with Gasteiger partial charge < -0.3 is 4.84 Å². The molecule has 1 saturated heterocycles. The van der Waals surface area contributed by atoms with Gasteiger partial charge in [-0.25, -0.2) is 4.79 Å². The van der Waals surface area contributed by atoms with E-state index in [2.05, 4.69) is 27.8 Å². The summed E-state index contributed by atoms with van der Waals surface area (Å²) < 4.78 is 0. The number of nitrogens with one attached hydrogen (secondary N) is 1. The van der Waals surface area contributed by atoms with E-state index in [0.717, 1.165) is 0 Å². The number of carbonyl (C=O) groups excluding carboxylic acids is 2. The summed E-state index contributed by atoms with van der Waals surface area (Å²) in [5.41, 5.74) is 3.71. The molecule has 25 heavy (non-hydrogen) atoms. The first-order valence-electron chi connectivity index (χ1n) is 8.21. The van der Waals surface area contributed by atoms with Gasteiger partial charge in [-0.15, -0.1) is 0 Å². The van der Waals surface area contributed by atoms with Gasteiger partial charge in [0.15, 0.2) is 0 Å². The lowest BCUT2D eigenvalue weighted by molar-refractivity contribution is -0.127. The molecule has 0 bridgehead atoms. The second-order valence-electron chi connectivity index (χ2n) is 5.84. The molecule has 3 rings (SSSR count). The molecule has 1 N–H and O–H groups in total. The normalized spacial score (nSPS) is 16.5. The average molecular weight is 341 g/mol. The van der Waals surface area contributed by atoms with Gasteiger partial charge in [-0.2, -0.15) is 5.48 Å². The monoisotopic (exact) mass is 341 g/mol. The molecule has 1 atom stereocenters. The third-order valence-electron chi connectivity index (χ3n) is 3.89. The summed E-state index contributed by atoms with van der Waals surface area (Å²) in [4.78, 5) is 32.5. The average Bonchev–Trinajstić information content (AvgIpc) is 3.07. The number of hydrogen-bond acceptors (Lipinski definition) is 5. The summed E-state index contributed by atoms with van der Waals surface area (Å²) in [5, 5.41) is 0. The van der Waals surface area contributed by atoms with Crippen molar-refractivity contribution in [1.82, 2.24) is 15.4 Å². The Bertz CT molecular complexity index is 677. The van der Waals surface area contributed by atoms with E-state index in [1.807, 2.05) is 23.9 Å². The lowest BCUT2D eigenvalue weighted by Gasteiger charge is -2.18. The van der Waals surface area contributed by atoms with E-state index in [1.54, 1.807) is 30.3 Å². The number of rotatable bonds is 2. The molecule has 1 fully saturated rings. The predicted octanol–water partition coefficient (Wildman–Crippen LogP) is 2.74. The van der Waals surface area contributed by atoms with Crippen LogP contribution in [0.5, 0.6) is 0 Å². The van der Waals surface area contributed by atoms with Crippen LogP contribution in [0, 0.1) is 0 Å². The topological polar surface area (TPSA) is 71.5 Å². The van der Waals surface area contributed by atoms with Gasteiger partial charge in [0.05, 0.1) is 5.56 Å². The highest BCUT2D eigenvalue weighted by molar-refractivity contribution is 5.90. The molecule has 2 heterocycles. The molecule has 1 unspecified atom stereocenters. The van der Waals surface area contributed by atoms with Crippen LogP contribution in [0.2, 0.25) is 0 Å². The largest absolute Gasteiger partial charge is 0.362 e. The van der Waals surface area contributed by atoms with E-state index in [1.165, 1.54) is 31.9 Å². The van der Waals surface area contributed by atoms with Gasteiger partial charge in [-0.05, 0) is 50.2 Å². The van der Waals surface area contributed by atoms with Crippen LogP contribution >= 0.6 is 0 Å². The van der Waals surface area contributed by atoms with Crippen molar-refractivity contribution in [1.29, 1.82) is 0 Å². The fourth-order valence-corrected chi connectivity index (χ4v) is 2.66. The summed E-state index contributed by atoms with van der Waals surface area (Å²) in [6.45, 7) is 2.48. The standard InChI is InChI=1S/C10H14N2.C9H9NO3/c1-12-7-3-5-10(12)9-4-2-6-11-8-9;1-7(11)10-13-9(12)8-5-3-2-4-6-8/h2,4,6,8,10H,3,5,7H2,1H3;2-6H,1H3,(H,10,11). The lowest BCUT2D eigenvalue weighted by Crippen LogP contribution is -2.24. The zero-order valence-corrected chi connectivity index (χ0v) is 14.5. The number of pyridine rings is 1. The van der Waals surface area contributed by atoms with Crippen molar-refractivity contribution in [2.24, 2.45) is 0 Å². The van der Waals surface area contributed by atoms with Gasteiger partial charge in [0.2, 0.25) is 5.91 Å². The Hall–Kier alpha value is -2.73. The van der Waals surface area contributed by atoms with Crippen molar-refractivity contribution < 1.29 is 14.4 Å². The number of likely N-dealkylation sites (tertiary alicyclic amines) is 1. The van der Waals surface area contributed by atoms with Crippen molar-refractivity contribution in [2.45, 2.75) is 25.8 Å². The molecule has 0 spiro atoms. The lowest BCUT2D eigenvalue weighted by atomic mass is 10.1. The van der Waals surface area contributed by atoms with Crippen LogP contribution in [0.1, 0.15) is 41.7 Å². The Morgan fingerprint density at radius 2 is 1.96 bits per heavy atom. The number of amides is 1. The highest BCUT2D eigenvalue weighted by Crippen LogP contribution is 2.29. The van der Waals surface area contributed by atoms with Crippen LogP contribution in [-0.4, -0.2) is 35.4 Å². The summed E-state index contributed by atoms with van der Waals surface area (Å²) in [6.07, 6.45) is 6.41. The van der Waals surface area contributed by atoms with Gasteiger partial charge in [0.1, 0.15) is 0 Å². The van der Waals surface area contributed by atoms with E-state index in [-0.39, 0.29) is 0 Å². The van der Waals surface area contributed by atoms with Gasteiger partial charge in [0, 0.05) is 25.4 Å². The Balaban J connectivity index is 0.000000181. The van der Waals surface area contributed by atoms with E-state index in [0.29, 0.717) is 11.6 Å². The SMILES string of the molecule is CC(=O)NOC(=O)c1ccccc1.CN1CCCC1c1cccnc1. The molecule has 0 radical (unpaired) electrons. The third kappa shape index (κ3) is 6.00. The molecule has 1 aromatic heterocycles. The molecule has 1 aliphatic heterocycles. The van der Waals surface area contributed by atoms with Crippen LogP contribution in [0.15, 0.2) is 54.9 Å². The minimum Gasteiger partial charge on any atom is -0.335 e. The summed E-state index contributed by atoms with van der Waals surface area (Å²) in [6, 6.07) is 13.2. The van der Waals surface area contributed by atoms with Crippen LogP contribution in [0.4, 0.5) is 0 Å². The molecule has 6 heteroatoms. The number of hydroxylamine groups is 1. The summed E-state index contributed by atoms with van der Waals surface area (Å²) in [7, 11) is 2.19. The summed E-state index contributed by atoms with van der Waals surface area (Å²) in [5.74, 6) is -0.986. The fraction of sp³-hybridized carbons (Fsp3) is 0.316. The van der Waals surface area contributed by atoms with Crippen LogP contribution < -0.4 is 5.48 Å². The highest BCUT2D eigenvalue weighted by atomic mass is 16.7. The third-order valence-corrected chi connectivity index (χ3v) is 3.89. The van der Waals surface area contributed by atoms with Crippen LogP contribution in [0.3, 0.4) is 0 Å². The molecular weight excluding hydrogens is 318 g/mol. The zero-order valence-electron chi connectivity index (χ0n) is 14.5. The maximum Gasteiger partial charge on any atom is 0.362 e. The second kappa shape index (κ2) is 9.54. The number of hydrogen-bond donors (Lipinski definition) is 1. The maximum absolute atomic E-state index is 11.1. The van der Waals surface area contributed by atoms with E-state index in [9.17, 15) is 9.59 Å². The van der Waals surface area contributed by atoms with Gasteiger partial charge >= 0.3 is 5.97 Å². The first-order chi connectivity index (χ1) is 12.1. The quantitative estimate of drug-likeness (QED) is 0.851. The number of benzene rings is 1. The van der Waals surface area contributed by atoms with Gasteiger partial charge in [-0.3, -0.25) is 14.7 Å². The van der Waals surface area contributed by atoms with Crippen molar-refractivity contribution in [3.05, 3.63) is 66.0 Å². The minimum absolute atomic E-state index is 0.399. The molecule has 0 aliphatic carbocycles. The Morgan fingerprint density at radius 1 is 1.20 bits per heavy atom. The number of nitrogens with zero attached hydrogens (tertiary/aromatic N) is 2. The second-order valence-corrected chi connectivity index (χ2v) is 5.84. The number of carbonyl (C=O) groups is 2. The summed E-state index contributed by atoms with van der Waals surface area (Å²) >= 11 is 0. The van der Waals surface area contributed by atoms with Gasteiger partial charge in [0.25, 0.3) is 0 Å². The molecule has 1 aromatic carbocycles. The molecule has 0 saturated carbocycles. The molecule has 2 aromatic rings. The van der Waals surface area contributed by atoms with Crippen molar-refractivity contribution in [2.75, 3.05) is 13.6 Å². The van der Waals surface area contributed by atoms with E-state index >= 15 is 0 Å². The van der Waals surface area contributed by atoms with Crippen molar-refractivity contribution in [3.8, 4) is 0 Å². The van der Waals surface area contributed by atoms with Gasteiger partial charge in [-0.1, -0.05) is 24.3 Å². The number of aromatic nitrogens is 1. The van der Waals surface area contributed by atoms with Crippen LogP contribution in [-0.2, 0) is 9.63 Å². The molecule has 132 valence electrons. The Labute approximate surface area is 147 Å². The molecule has 1 aliphatic rings. The van der Waals surface area contributed by atoms with Crippen LogP contribution in [0.25, 0.3) is 0 Å². The van der Waals surface area contributed by atoms with Crippen molar-refractivity contribution in [3.63, 3.8) is 0 Å². The molecule has 6 nitrogen and oxygen atoms in total.